The van der Waals surface area contributed by atoms with Gasteiger partial charge in [-0.25, -0.2) is 9.37 Å². The van der Waals surface area contributed by atoms with Crippen LogP contribution in [0.1, 0.15) is 5.56 Å². The van der Waals surface area contributed by atoms with Crippen LogP contribution in [0.15, 0.2) is 86.7 Å². The van der Waals surface area contributed by atoms with E-state index < -0.39 is 0 Å². The molecule has 3 aromatic carbocycles. The average molecular weight is 421 g/mol. The molecule has 0 aliphatic rings. The van der Waals surface area contributed by atoms with E-state index in [0.717, 1.165) is 15.7 Å². The van der Waals surface area contributed by atoms with Crippen molar-refractivity contribution >= 4 is 45.0 Å². The standard InChI is InChI=1S/C22H14BrFN2O/c23-16-7-3-5-15(13-16)6-4-12-25-17-10-11-21-20(14-17)26-22(27-21)18-8-1-2-9-19(18)24/h1-14H. The first-order valence-electron chi connectivity index (χ1n) is 8.31. The summed E-state index contributed by atoms with van der Waals surface area (Å²) in [5.41, 5.74) is 3.40. The van der Waals surface area contributed by atoms with E-state index in [1.54, 1.807) is 30.5 Å². The molecule has 3 nitrogen and oxygen atoms in total. The van der Waals surface area contributed by atoms with Gasteiger partial charge in [-0.15, -0.1) is 0 Å². The fourth-order valence-electron chi connectivity index (χ4n) is 2.64. The summed E-state index contributed by atoms with van der Waals surface area (Å²) in [7, 11) is 0. The van der Waals surface area contributed by atoms with Crippen molar-refractivity contribution in [1.29, 1.82) is 0 Å². The van der Waals surface area contributed by atoms with Gasteiger partial charge in [-0.1, -0.05) is 46.3 Å². The zero-order valence-corrected chi connectivity index (χ0v) is 15.7. The van der Waals surface area contributed by atoms with E-state index in [1.807, 2.05) is 48.6 Å². The smallest absolute Gasteiger partial charge is 0.230 e. The number of oxazole rings is 1. The largest absolute Gasteiger partial charge is 0.436 e. The summed E-state index contributed by atoms with van der Waals surface area (Å²) in [4.78, 5) is 8.80. The second-order valence-corrected chi connectivity index (χ2v) is 6.76. The molecule has 0 N–H and O–H groups in total. The Morgan fingerprint density at radius 3 is 2.74 bits per heavy atom. The van der Waals surface area contributed by atoms with Crippen LogP contribution >= 0.6 is 15.9 Å². The van der Waals surface area contributed by atoms with Crippen molar-refractivity contribution in [3.05, 3.63) is 88.7 Å². The summed E-state index contributed by atoms with van der Waals surface area (Å²) in [5.74, 6) is -0.0984. The third-order valence-corrected chi connectivity index (χ3v) is 4.42. The second kappa shape index (κ2) is 7.68. The number of rotatable bonds is 4. The van der Waals surface area contributed by atoms with Crippen LogP contribution in [0, 0.1) is 5.82 Å². The van der Waals surface area contributed by atoms with Gasteiger partial charge < -0.3 is 4.42 Å². The number of halogens is 2. The van der Waals surface area contributed by atoms with Crippen molar-refractivity contribution in [1.82, 2.24) is 4.98 Å². The lowest BCUT2D eigenvalue weighted by molar-refractivity contribution is 0.593. The van der Waals surface area contributed by atoms with Crippen LogP contribution in [0.2, 0.25) is 0 Å². The predicted octanol–water partition coefficient (Wildman–Crippen LogP) is 6.81. The van der Waals surface area contributed by atoms with Crippen LogP contribution < -0.4 is 0 Å². The Morgan fingerprint density at radius 1 is 1.00 bits per heavy atom. The lowest BCUT2D eigenvalue weighted by Gasteiger charge is -1.95. The van der Waals surface area contributed by atoms with Gasteiger partial charge in [0.25, 0.3) is 0 Å². The Hall–Kier alpha value is -3.05. The van der Waals surface area contributed by atoms with Crippen LogP contribution in [-0.4, -0.2) is 11.2 Å². The lowest BCUT2D eigenvalue weighted by atomic mass is 10.2. The molecule has 0 saturated carbocycles. The third kappa shape index (κ3) is 4.04. The molecular formula is C22H14BrFN2O. The third-order valence-electron chi connectivity index (χ3n) is 3.92. The van der Waals surface area contributed by atoms with E-state index in [0.29, 0.717) is 16.7 Å². The average Bonchev–Trinajstić information content (AvgIpc) is 3.09. The molecule has 0 fully saturated rings. The van der Waals surface area contributed by atoms with Gasteiger partial charge in [0.05, 0.1) is 11.3 Å². The summed E-state index contributed by atoms with van der Waals surface area (Å²) >= 11 is 3.45. The first-order chi connectivity index (χ1) is 13.2. The highest BCUT2D eigenvalue weighted by atomic mass is 79.9. The van der Waals surface area contributed by atoms with Crippen LogP contribution in [0.5, 0.6) is 0 Å². The van der Waals surface area contributed by atoms with Crippen LogP contribution in [0.3, 0.4) is 0 Å². The number of fused-ring (bicyclic) bond motifs is 1. The zero-order valence-electron chi connectivity index (χ0n) is 14.1. The Morgan fingerprint density at radius 2 is 1.89 bits per heavy atom. The predicted molar refractivity (Wildman–Crippen MR) is 111 cm³/mol. The Bertz CT molecular complexity index is 1160. The molecule has 0 spiro atoms. The highest BCUT2D eigenvalue weighted by Crippen LogP contribution is 2.28. The number of aromatic nitrogens is 1. The molecule has 4 aromatic rings. The molecular weight excluding hydrogens is 407 g/mol. The molecule has 4 rings (SSSR count). The van der Waals surface area contributed by atoms with E-state index >= 15 is 0 Å². The van der Waals surface area contributed by atoms with Gasteiger partial charge in [0.1, 0.15) is 11.3 Å². The molecule has 0 aliphatic heterocycles. The van der Waals surface area contributed by atoms with Gasteiger partial charge in [-0.05, 0) is 54.1 Å². The Kier molecular flexibility index (Phi) is 4.94. The SMILES string of the molecule is Fc1ccccc1-c1nc2cc(N=CC=Cc3cccc(Br)c3)ccc2o1. The summed E-state index contributed by atoms with van der Waals surface area (Å²) in [5, 5.41) is 0. The fourth-order valence-corrected chi connectivity index (χ4v) is 3.06. The summed E-state index contributed by atoms with van der Waals surface area (Å²) in [6.45, 7) is 0. The summed E-state index contributed by atoms with van der Waals surface area (Å²) in [6.07, 6.45) is 5.57. The minimum Gasteiger partial charge on any atom is -0.436 e. The molecule has 1 aromatic heterocycles. The molecule has 0 bridgehead atoms. The molecule has 27 heavy (non-hydrogen) atoms. The maximum absolute atomic E-state index is 13.9. The first-order valence-corrected chi connectivity index (χ1v) is 9.10. The van der Waals surface area contributed by atoms with Gasteiger partial charge in [0.2, 0.25) is 5.89 Å². The molecule has 0 unspecified atom stereocenters. The number of allylic oxidation sites excluding steroid dienone is 1. The molecule has 0 aliphatic carbocycles. The number of aliphatic imine (C=N–C) groups is 1. The monoisotopic (exact) mass is 420 g/mol. The van der Waals surface area contributed by atoms with Gasteiger partial charge in [-0.2, -0.15) is 0 Å². The van der Waals surface area contributed by atoms with E-state index in [1.165, 1.54) is 6.07 Å². The molecule has 0 radical (unpaired) electrons. The van der Waals surface area contributed by atoms with Gasteiger partial charge in [0, 0.05) is 10.7 Å². The number of nitrogens with zero attached hydrogens (tertiary/aromatic N) is 2. The molecule has 0 atom stereocenters. The van der Waals surface area contributed by atoms with Crippen molar-refractivity contribution < 1.29 is 8.81 Å². The quantitative estimate of drug-likeness (QED) is 0.340. The normalized spacial score (nSPS) is 11.8. The minimum absolute atomic E-state index is 0.263. The summed E-state index contributed by atoms with van der Waals surface area (Å²) < 4.78 is 20.6. The number of benzene rings is 3. The topological polar surface area (TPSA) is 38.4 Å². The van der Waals surface area contributed by atoms with E-state index in [4.69, 9.17) is 4.42 Å². The van der Waals surface area contributed by atoms with Crippen LogP contribution in [-0.2, 0) is 0 Å². The van der Waals surface area contributed by atoms with Crippen molar-refractivity contribution in [3.63, 3.8) is 0 Å². The number of hydrogen-bond donors (Lipinski definition) is 0. The zero-order chi connectivity index (χ0) is 18.6. The van der Waals surface area contributed by atoms with Gasteiger partial charge >= 0.3 is 0 Å². The van der Waals surface area contributed by atoms with Crippen molar-refractivity contribution in [2.24, 2.45) is 4.99 Å². The fraction of sp³-hybridized carbons (Fsp3) is 0. The highest BCUT2D eigenvalue weighted by molar-refractivity contribution is 9.10. The van der Waals surface area contributed by atoms with E-state index in [2.05, 4.69) is 25.9 Å². The molecule has 5 heteroatoms. The maximum atomic E-state index is 13.9. The van der Waals surface area contributed by atoms with Crippen LogP contribution in [0.4, 0.5) is 10.1 Å². The van der Waals surface area contributed by atoms with Crippen molar-refractivity contribution in [2.75, 3.05) is 0 Å². The van der Waals surface area contributed by atoms with E-state index in [-0.39, 0.29) is 11.7 Å². The Labute approximate surface area is 164 Å². The lowest BCUT2D eigenvalue weighted by Crippen LogP contribution is -1.82. The van der Waals surface area contributed by atoms with Gasteiger partial charge in [0.15, 0.2) is 5.58 Å². The molecule has 0 amide bonds. The summed E-state index contributed by atoms with van der Waals surface area (Å²) in [6, 6.07) is 19.9. The second-order valence-electron chi connectivity index (χ2n) is 5.84. The Balaban J connectivity index is 1.56. The molecule has 0 saturated heterocycles. The number of hydrogen-bond acceptors (Lipinski definition) is 3. The van der Waals surface area contributed by atoms with Gasteiger partial charge in [-0.3, -0.25) is 4.99 Å². The first kappa shape index (κ1) is 17.4. The van der Waals surface area contributed by atoms with E-state index in [9.17, 15) is 4.39 Å². The minimum atomic E-state index is -0.361. The van der Waals surface area contributed by atoms with Crippen molar-refractivity contribution in [3.8, 4) is 11.5 Å². The molecule has 1 heterocycles. The molecule has 132 valence electrons. The van der Waals surface area contributed by atoms with Crippen molar-refractivity contribution in [2.45, 2.75) is 0 Å². The maximum Gasteiger partial charge on any atom is 0.230 e. The van der Waals surface area contributed by atoms with Crippen LogP contribution in [0.25, 0.3) is 28.6 Å². The highest BCUT2D eigenvalue weighted by Gasteiger charge is 2.12.